The van der Waals surface area contributed by atoms with Gasteiger partial charge in [0, 0.05) is 37.4 Å². The molecule has 0 saturated heterocycles. The molecule has 0 aliphatic heterocycles. The summed E-state index contributed by atoms with van der Waals surface area (Å²) in [4.78, 5) is 14.6. The van der Waals surface area contributed by atoms with Gasteiger partial charge in [0.05, 0.1) is 22.0 Å². The first-order valence-corrected chi connectivity index (χ1v) is 13.5. The number of hydrogen-bond donors (Lipinski definition) is 0. The number of non-ortho nitro benzene ring substituents is 1. The van der Waals surface area contributed by atoms with Gasteiger partial charge in [-0.1, -0.05) is 31.4 Å². The Kier molecular flexibility index (Phi) is 6.35. The molecule has 29 heavy (non-hydrogen) atoms. The van der Waals surface area contributed by atoms with E-state index in [9.17, 15) is 18.9 Å². The maximum atomic E-state index is 14.3. The van der Waals surface area contributed by atoms with Gasteiger partial charge in [0.25, 0.3) is 5.69 Å². The van der Waals surface area contributed by atoms with E-state index in [-0.39, 0.29) is 4.90 Å². The zero-order chi connectivity index (χ0) is 21.2. The minimum Gasteiger partial charge on any atom is -0.361 e. The van der Waals surface area contributed by atoms with Gasteiger partial charge in [-0.05, 0) is 18.2 Å². The average Bonchev–Trinajstić information content (AvgIpc) is 3.04. The van der Waals surface area contributed by atoms with Crippen molar-refractivity contribution in [1.82, 2.24) is 9.55 Å². The van der Waals surface area contributed by atoms with E-state index >= 15 is 0 Å². The molecule has 3 rings (SSSR count). The molecule has 0 amide bonds. The summed E-state index contributed by atoms with van der Waals surface area (Å²) in [5.41, 5.74) is 0.0246. The lowest BCUT2D eigenvalue weighted by Crippen LogP contribution is -2.22. The molecule has 2 heterocycles. The van der Waals surface area contributed by atoms with Crippen LogP contribution in [0.1, 0.15) is 0 Å². The molecular formula is C19H21F2N3O3SSi. The molecule has 10 heteroatoms. The minimum absolute atomic E-state index is 0.290. The fraction of sp³-hybridized carbons (Fsp3) is 0.316. The summed E-state index contributed by atoms with van der Waals surface area (Å²) in [7, 11) is -1.17. The second-order valence-electron chi connectivity index (χ2n) is 7.78. The second kappa shape index (κ2) is 8.60. The molecule has 0 N–H and O–H groups in total. The number of hydrogen-bond acceptors (Lipinski definition) is 5. The van der Waals surface area contributed by atoms with Crippen LogP contribution in [0.2, 0.25) is 25.7 Å². The van der Waals surface area contributed by atoms with E-state index in [1.807, 2.05) is 16.8 Å². The van der Waals surface area contributed by atoms with Gasteiger partial charge >= 0.3 is 0 Å². The van der Waals surface area contributed by atoms with Gasteiger partial charge in [-0.2, -0.15) is 0 Å². The third-order valence-corrected chi connectivity index (χ3v) is 7.13. The summed E-state index contributed by atoms with van der Waals surface area (Å²) in [6.07, 6.45) is 3.38. The quantitative estimate of drug-likeness (QED) is 0.196. The highest BCUT2D eigenvalue weighted by Crippen LogP contribution is 2.37. The van der Waals surface area contributed by atoms with Crippen LogP contribution in [0, 0.1) is 21.7 Å². The van der Waals surface area contributed by atoms with Gasteiger partial charge in [-0.25, -0.2) is 13.8 Å². The Labute approximate surface area is 172 Å². The van der Waals surface area contributed by atoms with Crippen molar-refractivity contribution in [2.75, 3.05) is 6.61 Å². The summed E-state index contributed by atoms with van der Waals surface area (Å²) in [6, 6.07) is 5.97. The molecule has 0 saturated carbocycles. The van der Waals surface area contributed by atoms with E-state index < -0.39 is 30.3 Å². The molecule has 0 fully saturated rings. The highest BCUT2D eigenvalue weighted by molar-refractivity contribution is 7.99. The number of aromatic nitrogens is 2. The second-order valence-corrected chi connectivity index (χ2v) is 14.5. The topological polar surface area (TPSA) is 70.2 Å². The van der Waals surface area contributed by atoms with Crippen molar-refractivity contribution in [2.24, 2.45) is 0 Å². The lowest BCUT2D eigenvalue weighted by molar-refractivity contribution is -0.385. The number of halogens is 2. The fourth-order valence-corrected chi connectivity index (χ4v) is 4.35. The van der Waals surface area contributed by atoms with Crippen LogP contribution in [0.25, 0.3) is 11.0 Å². The summed E-state index contributed by atoms with van der Waals surface area (Å²) >= 11 is 0.875. The first-order valence-electron chi connectivity index (χ1n) is 8.98. The van der Waals surface area contributed by atoms with E-state index in [1.165, 1.54) is 0 Å². The summed E-state index contributed by atoms with van der Waals surface area (Å²) in [5.74, 6) is -1.94. The van der Waals surface area contributed by atoms with Crippen LogP contribution < -0.4 is 0 Å². The predicted octanol–water partition coefficient (Wildman–Crippen LogP) is 5.69. The van der Waals surface area contributed by atoms with Gasteiger partial charge in [0.1, 0.15) is 24.0 Å². The summed E-state index contributed by atoms with van der Waals surface area (Å²) in [5, 5.41) is 11.5. The Hall–Kier alpha value is -2.30. The molecule has 0 aliphatic carbocycles. The summed E-state index contributed by atoms with van der Waals surface area (Å²) in [6.45, 7) is 7.85. The van der Waals surface area contributed by atoms with Crippen LogP contribution in [-0.2, 0) is 11.5 Å². The SMILES string of the molecule is C[Si](C)(C)CCOCn1ccc2c(Sc3c(F)cc([N+](=O)[O-])cc3F)ccnc21. The van der Waals surface area contributed by atoms with Crippen molar-refractivity contribution >= 4 is 36.6 Å². The van der Waals surface area contributed by atoms with Gasteiger partial charge in [0.15, 0.2) is 0 Å². The van der Waals surface area contributed by atoms with Crippen molar-refractivity contribution in [3.8, 4) is 0 Å². The highest BCUT2D eigenvalue weighted by Gasteiger charge is 2.19. The number of fused-ring (bicyclic) bond motifs is 1. The van der Waals surface area contributed by atoms with Crippen molar-refractivity contribution in [1.29, 1.82) is 0 Å². The van der Waals surface area contributed by atoms with Gasteiger partial charge < -0.3 is 9.30 Å². The largest absolute Gasteiger partial charge is 0.361 e. The predicted molar refractivity (Wildman–Crippen MR) is 111 cm³/mol. The van der Waals surface area contributed by atoms with Crippen LogP contribution in [0.15, 0.2) is 46.5 Å². The van der Waals surface area contributed by atoms with E-state index in [0.29, 0.717) is 23.9 Å². The molecule has 2 aromatic heterocycles. The van der Waals surface area contributed by atoms with Crippen LogP contribution in [-0.4, -0.2) is 29.2 Å². The Balaban J connectivity index is 1.81. The van der Waals surface area contributed by atoms with Crippen LogP contribution in [0.3, 0.4) is 0 Å². The number of rotatable bonds is 8. The highest BCUT2D eigenvalue weighted by atomic mass is 32.2. The number of nitro groups is 1. The van der Waals surface area contributed by atoms with E-state index in [1.54, 1.807) is 12.3 Å². The average molecular weight is 438 g/mol. The monoisotopic (exact) mass is 437 g/mol. The molecule has 1 aromatic carbocycles. The van der Waals surface area contributed by atoms with Crippen molar-refractivity contribution in [3.05, 3.63) is 58.4 Å². The molecular weight excluding hydrogens is 416 g/mol. The van der Waals surface area contributed by atoms with Crippen LogP contribution >= 0.6 is 11.8 Å². The van der Waals surface area contributed by atoms with Crippen molar-refractivity contribution < 1.29 is 18.4 Å². The van der Waals surface area contributed by atoms with Crippen molar-refractivity contribution in [3.63, 3.8) is 0 Å². The normalized spacial score (nSPS) is 11.9. The van der Waals surface area contributed by atoms with Crippen LogP contribution in [0.5, 0.6) is 0 Å². The third kappa shape index (κ3) is 5.20. The standard InChI is InChI=1S/C19H21F2N3O3SSi/c1-29(2,3)9-8-27-12-23-7-5-14-17(4-6-22-19(14)23)28-18-15(20)10-13(24(25)26)11-16(18)21/h4-7,10-11H,8-9,12H2,1-3H3. The number of benzene rings is 1. The first kappa shape index (κ1) is 21.4. The maximum Gasteiger partial charge on any atom is 0.275 e. The fourth-order valence-electron chi connectivity index (χ4n) is 2.66. The molecule has 0 radical (unpaired) electrons. The Bertz CT molecular complexity index is 1030. The van der Waals surface area contributed by atoms with E-state index in [0.717, 1.165) is 35.3 Å². The minimum atomic E-state index is -1.17. The van der Waals surface area contributed by atoms with E-state index in [2.05, 4.69) is 24.6 Å². The number of pyridine rings is 1. The zero-order valence-electron chi connectivity index (χ0n) is 16.3. The molecule has 3 aromatic rings. The Morgan fingerprint density at radius 1 is 1.24 bits per heavy atom. The number of nitro benzene ring substituents is 1. The van der Waals surface area contributed by atoms with E-state index in [4.69, 9.17) is 4.74 Å². The van der Waals surface area contributed by atoms with Crippen molar-refractivity contribution in [2.45, 2.75) is 42.2 Å². The maximum absolute atomic E-state index is 14.3. The third-order valence-electron chi connectivity index (χ3n) is 4.25. The molecule has 0 unspecified atom stereocenters. The molecule has 0 spiro atoms. The number of nitrogens with zero attached hydrogens (tertiary/aromatic N) is 3. The van der Waals surface area contributed by atoms with Gasteiger partial charge in [-0.3, -0.25) is 10.1 Å². The Morgan fingerprint density at radius 3 is 2.55 bits per heavy atom. The summed E-state index contributed by atoms with van der Waals surface area (Å²) < 4.78 is 36.1. The first-order chi connectivity index (χ1) is 13.7. The molecule has 0 bridgehead atoms. The van der Waals surface area contributed by atoms with Gasteiger partial charge in [-0.15, -0.1) is 0 Å². The molecule has 154 valence electrons. The number of ether oxygens (including phenoxy) is 1. The van der Waals surface area contributed by atoms with Gasteiger partial charge in [0.2, 0.25) is 0 Å². The smallest absolute Gasteiger partial charge is 0.275 e. The lowest BCUT2D eigenvalue weighted by Gasteiger charge is -2.15. The molecule has 6 nitrogen and oxygen atoms in total. The Morgan fingerprint density at radius 2 is 1.93 bits per heavy atom. The van der Waals surface area contributed by atoms with Crippen LogP contribution in [0.4, 0.5) is 14.5 Å². The lowest BCUT2D eigenvalue weighted by atomic mass is 10.3. The molecule has 0 aliphatic rings. The zero-order valence-corrected chi connectivity index (χ0v) is 18.1. The molecule has 0 atom stereocenters.